The standard InChI is InChI=1S/C12H10OS/c13-12-6-5-10-4-3-9(2-1-7-14)8-11(10)12/h3-4,8,14H,5-7H2. The molecule has 1 aromatic carbocycles. The van der Waals surface area contributed by atoms with E-state index in [2.05, 4.69) is 24.5 Å². The molecule has 0 heterocycles. The zero-order valence-corrected chi connectivity index (χ0v) is 8.60. The SMILES string of the molecule is O=C1CCc2ccc(C#CCS)cc21. The number of carbonyl (C=O) groups excluding carboxylic acids is 1. The third-order valence-corrected chi connectivity index (χ3v) is 2.50. The highest BCUT2D eigenvalue weighted by molar-refractivity contribution is 7.80. The highest BCUT2D eigenvalue weighted by Gasteiger charge is 2.18. The molecule has 0 saturated carbocycles. The molecule has 70 valence electrons. The molecule has 1 nitrogen and oxygen atoms in total. The summed E-state index contributed by atoms with van der Waals surface area (Å²) in [5.74, 6) is 6.63. The molecular weight excluding hydrogens is 192 g/mol. The summed E-state index contributed by atoms with van der Waals surface area (Å²) in [5.41, 5.74) is 2.93. The van der Waals surface area contributed by atoms with Crippen molar-refractivity contribution in [3.05, 3.63) is 34.9 Å². The van der Waals surface area contributed by atoms with Crippen LogP contribution in [0.5, 0.6) is 0 Å². The minimum Gasteiger partial charge on any atom is -0.294 e. The Labute approximate surface area is 88.9 Å². The van der Waals surface area contributed by atoms with E-state index in [4.69, 9.17) is 0 Å². The molecule has 0 aromatic heterocycles. The molecule has 0 aliphatic heterocycles. The lowest BCUT2D eigenvalue weighted by atomic mass is 10.1. The van der Waals surface area contributed by atoms with E-state index in [1.807, 2.05) is 18.2 Å². The maximum Gasteiger partial charge on any atom is 0.163 e. The molecular formula is C12H10OS. The van der Waals surface area contributed by atoms with Crippen LogP contribution in [0.4, 0.5) is 0 Å². The molecule has 2 rings (SSSR count). The molecule has 14 heavy (non-hydrogen) atoms. The van der Waals surface area contributed by atoms with E-state index < -0.39 is 0 Å². The van der Waals surface area contributed by atoms with Gasteiger partial charge in [-0.1, -0.05) is 17.9 Å². The van der Waals surface area contributed by atoms with Gasteiger partial charge in [-0.2, -0.15) is 12.6 Å². The molecule has 0 N–H and O–H groups in total. The van der Waals surface area contributed by atoms with Gasteiger partial charge in [0.05, 0.1) is 5.75 Å². The Kier molecular flexibility index (Phi) is 2.60. The van der Waals surface area contributed by atoms with Gasteiger partial charge < -0.3 is 0 Å². The average Bonchev–Trinajstić information content (AvgIpc) is 2.57. The molecule has 2 heteroatoms. The number of thiol groups is 1. The molecule has 0 spiro atoms. The minimum atomic E-state index is 0.245. The van der Waals surface area contributed by atoms with Gasteiger partial charge in [0.25, 0.3) is 0 Å². The third-order valence-electron chi connectivity index (χ3n) is 2.34. The first-order valence-electron chi connectivity index (χ1n) is 4.57. The van der Waals surface area contributed by atoms with E-state index in [9.17, 15) is 4.79 Å². The van der Waals surface area contributed by atoms with E-state index in [1.165, 1.54) is 0 Å². The maximum absolute atomic E-state index is 11.4. The van der Waals surface area contributed by atoms with E-state index in [0.717, 1.165) is 23.1 Å². The van der Waals surface area contributed by atoms with Crippen molar-refractivity contribution in [3.63, 3.8) is 0 Å². The van der Waals surface area contributed by atoms with Crippen molar-refractivity contribution >= 4 is 18.4 Å². The number of rotatable bonds is 0. The summed E-state index contributed by atoms with van der Waals surface area (Å²) < 4.78 is 0. The van der Waals surface area contributed by atoms with Crippen molar-refractivity contribution in [1.29, 1.82) is 0 Å². The second-order valence-electron chi connectivity index (χ2n) is 3.25. The summed E-state index contributed by atoms with van der Waals surface area (Å²) in [6.07, 6.45) is 1.53. The number of aryl methyl sites for hydroxylation is 1. The van der Waals surface area contributed by atoms with Crippen LogP contribution in [0.3, 0.4) is 0 Å². The highest BCUT2D eigenvalue weighted by Crippen LogP contribution is 2.22. The van der Waals surface area contributed by atoms with Crippen LogP contribution in [-0.4, -0.2) is 11.5 Å². The third kappa shape index (κ3) is 1.69. The Balaban J connectivity index is 2.39. The van der Waals surface area contributed by atoms with Crippen molar-refractivity contribution in [3.8, 4) is 11.8 Å². The molecule has 0 amide bonds. The van der Waals surface area contributed by atoms with E-state index in [0.29, 0.717) is 12.2 Å². The summed E-state index contributed by atoms with van der Waals surface area (Å²) in [4.78, 5) is 11.4. The lowest BCUT2D eigenvalue weighted by Crippen LogP contribution is -1.91. The second kappa shape index (κ2) is 3.89. The smallest absolute Gasteiger partial charge is 0.163 e. The number of Topliss-reactive ketones (excluding diaryl/α,β-unsaturated/α-hetero) is 1. The van der Waals surface area contributed by atoms with E-state index in [-0.39, 0.29) is 5.78 Å². The second-order valence-corrected chi connectivity index (χ2v) is 3.57. The largest absolute Gasteiger partial charge is 0.294 e. The van der Waals surface area contributed by atoms with Crippen LogP contribution >= 0.6 is 12.6 Å². The van der Waals surface area contributed by atoms with Crippen LogP contribution in [0.1, 0.15) is 27.9 Å². The first-order valence-corrected chi connectivity index (χ1v) is 5.20. The van der Waals surface area contributed by atoms with E-state index in [1.54, 1.807) is 0 Å². The van der Waals surface area contributed by atoms with E-state index >= 15 is 0 Å². The van der Waals surface area contributed by atoms with Gasteiger partial charge in [0.15, 0.2) is 5.78 Å². The lowest BCUT2D eigenvalue weighted by molar-refractivity contribution is 0.0994. The average molecular weight is 202 g/mol. The zero-order valence-electron chi connectivity index (χ0n) is 7.71. The van der Waals surface area contributed by atoms with Crippen LogP contribution in [0.2, 0.25) is 0 Å². The van der Waals surface area contributed by atoms with Gasteiger partial charge >= 0.3 is 0 Å². The summed E-state index contributed by atoms with van der Waals surface area (Å²) in [6.45, 7) is 0. The quantitative estimate of drug-likeness (QED) is 0.503. The minimum absolute atomic E-state index is 0.245. The summed E-state index contributed by atoms with van der Waals surface area (Å²) in [6, 6.07) is 5.86. The van der Waals surface area contributed by atoms with Crippen molar-refractivity contribution in [2.24, 2.45) is 0 Å². The van der Waals surface area contributed by atoms with Gasteiger partial charge in [0, 0.05) is 17.5 Å². The molecule has 0 radical (unpaired) electrons. The van der Waals surface area contributed by atoms with Crippen LogP contribution in [0.25, 0.3) is 0 Å². The summed E-state index contributed by atoms with van der Waals surface area (Å²) >= 11 is 4.01. The Morgan fingerprint density at radius 1 is 1.36 bits per heavy atom. The molecule has 0 fully saturated rings. The fraction of sp³-hybridized carbons (Fsp3) is 0.250. The first kappa shape index (κ1) is 9.36. The topological polar surface area (TPSA) is 17.1 Å². The first-order chi connectivity index (χ1) is 6.81. The molecule has 0 unspecified atom stereocenters. The normalized spacial score (nSPS) is 13.4. The van der Waals surface area contributed by atoms with Gasteiger partial charge in [-0.15, -0.1) is 0 Å². The number of fused-ring (bicyclic) bond motifs is 1. The van der Waals surface area contributed by atoms with Gasteiger partial charge in [0.2, 0.25) is 0 Å². The Hall–Kier alpha value is -1.20. The van der Waals surface area contributed by atoms with Crippen molar-refractivity contribution < 1.29 is 4.79 Å². The molecule has 0 saturated heterocycles. The lowest BCUT2D eigenvalue weighted by Gasteiger charge is -1.97. The highest BCUT2D eigenvalue weighted by atomic mass is 32.1. The molecule has 0 atom stereocenters. The molecule has 0 bridgehead atoms. The molecule has 1 aliphatic rings. The van der Waals surface area contributed by atoms with Gasteiger partial charge in [0.1, 0.15) is 0 Å². The monoisotopic (exact) mass is 202 g/mol. The van der Waals surface area contributed by atoms with Gasteiger partial charge in [-0.25, -0.2) is 0 Å². The van der Waals surface area contributed by atoms with Crippen molar-refractivity contribution in [2.45, 2.75) is 12.8 Å². The fourth-order valence-electron chi connectivity index (χ4n) is 1.66. The van der Waals surface area contributed by atoms with Gasteiger partial charge in [-0.3, -0.25) is 4.79 Å². The number of hydrogen-bond acceptors (Lipinski definition) is 2. The molecule has 1 aromatic rings. The maximum atomic E-state index is 11.4. The van der Waals surface area contributed by atoms with Crippen LogP contribution in [-0.2, 0) is 6.42 Å². The van der Waals surface area contributed by atoms with Crippen molar-refractivity contribution in [2.75, 3.05) is 5.75 Å². The van der Waals surface area contributed by atoms with Crippen molar-refractivity contribution in [1.82, 2.24) is 0 Å². The Bertz CT molecular complexity index is 437. The van der Waals surface area contributed by atoms with Gasteiger partial charge in [-0.05, 0) is 24.1 Å². The summed E-state index contributed by atoms with van der Waals surface area (Å²) in [5, 5.41) is 0. The van der Waals surface area contributed by atoms with Crippen LogP contribution in [0, 0.1) is 11.8 Å². The predicted molar refractivity (Wildman–Crippen MR) is 59.8 cm³/mol. The van der Waals surface area contributed by atoms with Crippen LogP contribution in [0.15, 0.2) is 18.2 Å². The predicted octanol–water partition coefficient (Wildman–Crippen LogP) is 2.10. The van der Waals surface area contributed by atoms with Crippen LogP contribution < -0.4 is 0 Å². The fourth-order valence-corrected chi connectivity index (χ4v) is 1.74. The number of ketones is 1. The Morgan fingerprint density at radius 3 is 3.00 bits per heavy atom. The Morgan fingerprint density at radius 2 is 2.21 bits per heavy atom. The number of benzene rings is 1. The number of carbonyl (C=O) groups is 1. The zero-order chi connectivity index (χ0) is 9.97. The summed E-state index contributed by atoms with van der Waals surface area (Å²) in [7, 11) is 0. The molecule has 1 aliphatic carbocycles. The number of hydrogen-bond donors (Lipinski definition) is 1.